The molecule has 0 heterocycles. The molecular formula is C15H20ClNO. The molecule has 0 unspecified atom stereocenters. The van der Waals surface area contributed by atoms with Crippen molar-refractivity contribution >= 4 is 17.5 Å². The molecule has 0 aliphatic heterocycles. The number of halogens is 1. The van der Waals surface area contributed by atoms with Gasteiger partial charge < -0.3 is 4.90 Å². The molecule has 0 bridgehead atoms. The van der Waals surface area contributed by atoms with Crippen LogP contribution in [0.5, 0.6) is 0 Å². The summed E-state index contributed by atoms with van der Waals surface area (Å²) in [7, 11) is 0. The van der Waals surface area contributed by atoms with E-state index in [1.807, 2.05) is 36.1 Å². The highest BCUT2D eigenvalue weighted by Crippen LogP contribution is 2.26. The zero-order valence-corrected chi connectivity index (χ0v) is 11.6. The second-order valence-electron chi connectivity index (χ2n) is 4.99. The first kappa shape index (κ1) is 13.4. The molecule has 3 heteroatoms. The fourth-order valence-electron chi connectivity index (χ4n) is 2.24. The molecule has 0 spiro atoms. The third-order valence-electron chi connectivity index (χ3n) is 3.61. The average Bonchev–Trinajstić information content (AvgIpc) is 2.32. The van der Waals surface area contributed by atoms with Crippen LogP contribution in [0.1, 0.15) is 41.6 Å². The Morgan fingerprint density at radius 2 is 2.00 bits per heavy atom. The third-order valence-corrected chi connectivity index (χ3v) is 3.87. The summed E-state index contributed by atoms with van der Waals surface area (Å²) < 4.78 is 0. The second kappa shape index (κ2) is 6.24. The molecule has 0 radical (unpaired) electrons. The lowest BCUT2D eigenvalue weighted by molar-refractivity contribution is 0.0581. The minimum Gasteiger partial charge on any atom is -0.336 e. The van der Waals surface area contributed by atoms with Gasteiger partial charge in [-0.3, -0.25) is 4.79 Å². The Bertz CT molecular complexity index is 397. The van der Waals surface area contributed by atoms with Crippen LogP contribution in [0.3, 0.4) is 0 Å². The van der Waals surface area contributed by atoms with E-state index in [-0.39, 0.29) is 5.91 Å². The van der Waals surface area contributed by atoms with Crippen LogP contribution in [0, 0.1) is 6.92 Å². The summed E-state index contributed by atoms with van der Waals surface area (Å²) in [5.41, 5.74) is 1.98. The van der Waals surface area contributed by atoms with Crippen LogP contribution in [0.15, 0.2) is 24.3 Å². The van der Waals surface area contributed by atoms with E-state index in [4.69, 9.17) is 11.6 Å². The summed E-state index contributed by atoms with van der Waals surface area (Å²) in [5, 5.41) is 0. The molecule has 98 valence electrons. The first-order valence-corrected chi connectivity index (χ1v) is 7.19. The van der Waals surface area contributed by atoms with Crippen molar-refractivity contribution in [3.63, 3.8) is 0 Å². The van der Waals surface area contributed by atoms with Crippen LogP contribution >= 0.6 is 11.6 Å². The van der Waals surface area contributed by atoms with Gasteiger partial charge in [0.1, 0.15) is 0 Å². The van der Waals surface area contributed by atoms with Crippen LogP contribution in [-0.2, 0) is 0 Å². The van der Waals surface area contributed by atoms with Gasteiger partial charge in [-0.05, 0) is 44.7 Å². The van der Waals surface area contributed by atoms with E-state index >= 15 is 0 Å². The summed E-state index contributed by atoms with van der Waals surface area (Å²) in [6, 6.07) is 8.26. The maximum atomic E-state index is 12.5. The lowest BCUT2D eigenvalue weighted by Crippen LogP contribution is -2.44. The van der Waals surface area contributed by atoms with E-state index in [0.717, 1.165) is 31.4 Å². The number of rotatable bonds is 5. The average molecular weight is 266 g/mol. The molecule has 2 rings (SSSR count). The van der Waals surface area contributed by atoms with Gasteiger partial charge in [0, 0.05) is 24.0 Å². The SMILES string of the molecule is Cc1ccc(C(=O)N(CCCCl)C2CCC2)cc1. The molecule has 1 aliphatic rings. The molecule has 18 heavy (non-hydrogen) atoms. The van der Waals surface area contributed by atoms with Crippen molar-refractivity contribution in [2.75, 3.05) is 12.4 Å². The fourth-order valence-corrected chi connectivity index (χ4v) is 2.36. The number of aryl methyl sites for hydroxylation is 1. The van der Waals surface area contributed by atoms with E-state index in [1.54, 1.807) is 0 Å². The topological polar surface area (TPSA) is 20.3 Å². The number of carbonyl (C=O) groups excluding carboxylic acids is 1. The molecule has 1 fully saturated rings. The molecule has 0 aromatic heterocycles. The van der Waals surface area contributed by atoms with E-state index < -0.39 is 0 Å². The Balaban J connectivity index is 2.08. The van der Waals surface area contributed by atoms with E-state index in [0.29, 0.717) is 11.9 Å². The van der Waals surface area contributed by atoms with E-state index in [9.17, 15) is 4.79 Å². The van der Waals surface area contributed by atoms with E-state index in [2.05, 4.69) is 0 Å². The van der Waals surface area contributed by atoms with Crippen LogP contribution < -0.4 is 0 Å². The zero-order chi connectivity index (χ0) is 13.0. The molecule has 1 aliphatic carbocycles. The molecule has 1 aromatic carbocycles. The summed E-state index contributed by atoms with van der Waals surface area (Å²) in [4.78, 5) is 14.5. The lowest BCUT2D eigenvalue weighted by atomic mass is 9.90. The van der Waals surface area contributed by atoms with Crippen molar-refractivity contribution in [1.82, 2.24) is 4.90 Å². The van der Waals surface area contributed by atoms with Crippen molar-refractivity contribution in [3.05, 3.63) is 35.4 Å². The zero-order valence-electron chi connectivity index (χ0n) is 10.9. The van der Waals surface area contributed by atoms with Gasteiger partial charge in [0.15, 0.2) is 0 Å². The molecule has 0 atom stereocenters. The summed E-state index contributed by atoms with van der Waals surface area (Å²) in [6.07, 6.45) is 4.39. The second-order valence-corrected chi connectivity index (χ2v) is 5.37. The minimum atomic E-state index is 0.157. The standard InChI is InChI=1S/C15H20ClNO/c1-12-6-8-13(9-7-12)15(18)17(11-3-10-16)14-4-2-5-14/h6-9,14H,2-5,10-11H2,1H3. The molecular weight excluding hydrogens is 246 g/mol. The predicted octanol–water partition coefficient (Wildman–Crippen LogP) is 3.62. The van der Waals surface area contributed by atoms with Gasteiger partial charge in [-0.25, -0.2) is 0 Å². The molecule has 1 aromatic rings. The first-order valence-electron chi connectivity index (χ1n) is 6.66. The van der Waals surface area contributed by atoms with Gasteiger partial charge in [-0.15, -0.1) is 11.6 Å². The van der Waals surface area contributed by atoms with Gasteiger partial charge in [-0.1, -0.05) is 17.7 Å². The van der Waals surface area contributed by atoms with E-state index in [1.165, 1.54) is 12.0 Å². The number of hydrogen-bond acceptors (Lipinski definition) is 1. The maximum absolute atomic E-state index is 12.5. The molecule has 1 amide bonds. The monoisotopic (exact) mass is 265 g/mol. The largest absolute Gasteiger partial charge is 0.336 e. The highest BCUT2D eigenvalue weighted by Gasteiger charge is 2.28. The normalized spacial score (nSPS) is 15.2. The van der Waals surface area contributed by atoms with Crippen LogP contribution in [0.2, 0.25) is 0 Å². The van der Waals surface area contributed by atoms with Crippen LogP contribution in [0.25, 0.3) is 0 Å². The molecule has 0 saturated heterocycles. The Labute approximate surface area is 114 Å². The number of amides is 1. The summed E-state index contributed by atoms with van der Waals surface area (Å²) in [5.74, 6) is 0.773. The molecule has 0 N–H and O–H groups in total. The maximum Gasteiger partial charge on any atom is 0.254 e. The predicted molar refractivity (Wildman–Crippen MR) is 75.2 cm³/mol. The van der Waals surface area contributed by atoms with Gasteiger partial charge >= 0.3 is 0 Å². The van der Waals surface area contributed by atoms with Crippen LogP contribution in [0.4, 0.5) is 0 Å². The molecule has 1 saturated carbocycles. The highest BCUT2D eigenvalue weighted by molar-refractivity contribution is 6.17. The van der Waals surface area contributed by atoms with Gasteiger partial charge in [0.2, 0.25) is 0 Å². The summed E-state index contributed by atoms with van der Waals surface area (Å²) in [6.45, 7) is 2.81. The minimum absolute atomic E-state index is 0.157. The first-order chi connectivity index (χ1) is 8.72. The van der Waals surface area contributed by atoms with Gasteiger partial charge in [0.05, 0.1) is 0 Å². The number of hydrogen-bond donors (Lipinski definition) is 0. The Hall–Kier alpha value is -1.02. The van der Waals surface area contributed by atoms with Crippen molar-refractivity contribution < 1.29 is 4.79 Å². The number of benzene rings is 1. The Morgan fingerprint density at radius 1 is 1.33 bits per heavy atom. The van der Waals surface area contributed by atoms with Crippen molar-refractivity contribution in [1.29, 1.82) is 0 Å². The highest BCUT2D eigenvalue weighted by atomic mass is 35.5. The third kappa shape index (κ3) is 3.05. The lowest BCUT2D eigenvalue weighted by Gasteiger charge is -2.37. The Kier molecular flexibility index (Phi) is 4.65. The molecule has 2 nitrogen and oxygen atoms in total. The fraction of sp³-hybridized carbons (Fsp3) is 0.533. The number of nitrogens with zero attached hydrogens (tertiary/aromatic N) is 1. The van der Waals surface area contributed by atoms with Gasteiger partial charge in [-0.2, -0.15) is 0 Å². The summed E-state index contributed by atoms with van der Waals surface area (Å²) >= 11 is 5.75. The number of alkyl halides is 1. The Morgan fingerprint density at radius 3 is 2.50 bits per heavy atom. The van der Waals surface area contributed by atoms with Crippen LogP contribution in [-0.4, -0.2) is 29.3 Å². The van der Waals surface area contributed by atoms with Gasteiger partial charge in [0.25, 0.3) is 5.91 Å². The van der Waals surface area contributed by atoms with Crippen molar-refractivity contribution in [2.24, 2.45) is 0 Å². The van der Waals surface area contributed by atoms with Crippen molar-refractivity contribution in [3.8, 4) is 0 Å². The van der Waals surface area contributed by atoms with Crippen molar-refractivity contribution in [2.45, 2.75) is 38.6 Å². The number of carbonyl (C=O) groups is 1. The quantitative estimate of drug-likeness (QED) is 0.745. The smallest absolute Gasteiger partial charge is 0.254 e.